The van der Waals surface area contributed by atoms with Crippen molar-refractivity contribution in [2.24, 2.45) is 7.05 Å². The maximum Gasteiger partial charge on any atom is 0.263 e. The van der Waals surface area contributed by atoms with Crippen molar-refractivity contribution in [1.29, 1.82) is 0 Å². The minimum Gasteiger partial charge on any atom is -0.392 e. The van der Waals surface area contributed by atoms with Crippen molar-refractivity contribution in [3.63, 3.8) is 0 Å². The molecule has 1 aromatic heterocycles. The summed E-state index contributed by atoms with van der Waals surface area (Å²) < 4.78 is 31.3. The third-order valence-corrected chi connectivity index (χ3v) is 7.06. The van der Waals surface area contributed by atoms with Gasteiger partial charge in [-0.15, -0.1) is 0 Å². The Morgan fingerprint density at radius 1 is 0.939 bits per heavy atom. The Kier molecular flexibility index (Phi) is 6.19. The van der Waals surface area contributed by atoms with Gasteiger partial charge in [0.15, 0.2) is 0 Å². The van der Waals surface area contributed by atoms with Crippen LogP contribution < -0.4 is 9.62 Å². The first-order chi connectivity index (χ1) is 15.7. The molecule has 0 fully saturated rings. The molecular weight excluding hydrogens is 434 g/mol. The first-order valence-corrected chi connectivity index (χ1v) is 12.3. The zero-order valence-corrected chi connectivity index (χ0v) is 20.1. The van der Waals surface area contributed by atoms with Crippen molar-refractivity contribution in [2.45, 2.75) is 31.8 Å². The molecule has 0 saturated carbocycles. The van der Waals surface area contributed by atoms with Gasteiger partial charge in [-0.05, 0) is 51.1 Å². The number of fused-ring (bicyclic) bond motifs is 1. The van der Waals surface area contributed by atoms with E-state index >= 15 is 0 Å². The van der Waals surface area contributed by atoms with Crippen LogP contribution in [0.2, 0.25) is 0 Å². The molecule has 0 radical (unpaired) electrons. The number of aromatic nitrogens is 1. The van der Waals surface area contributed by atoms with Gasteiger partial charge in [0.1, 0.15) is 5.82 Å². The Bertz CT molecular complexity index is 1370. The van der Waals surface area contributed by atoms with Crippen LogP contribution in [0.1, 0.15) is 18.1 Å². The highest BCUT2D eigenvalue weighted by Gasteiger charge is 2.26. The number of anilines is 3. The number of aliphatic hydroxyl groups excluding tert-OH is 1. The van der Waals surface area contributed by atoms with Crippen LogP contribution in [0, 0.1) is 13.8 Å². The highest BCUT2D eigenvalue weighted by atomic mass is 32.2. The molecule has 172 valence electrons. The van der Waals surface area contributed by atoms with Crippen LogP contribution in [0.25, 0.3) is 10.9 Å². The number of aliphatic hydroxyl groups is 1. The molecule has 1 atom stereocenters. The fourth-order valence-corrected chi connectivity index (χ4v) is 5.08. The van der Waals surface area contributed by atoms with E-state index in [1.54, 1.807) is 31.2 Å². The van der Waals surface area contributed by atoms with Crippen LogP contribution in [0.3, 0.4) is 0 Å². The number of para-hydroxylation sites is 1. The fourth-order valence-electron chi connectivity index (χ4n) is 3.98. The van der Waals surface area contributed by atoms with Crippen LogP contribution in [0.5, 0.6) is 0 Å². The molecule has 0 aliphatic rings. The molecule has 0 aliphatic heterocycles. The molecular formula is C26H29N3O3S. The summed E-state index contributed by atoms with van der Waals surface area (Å²) in [5.41, 5.74) is 4.56. The van der Waals surface area contributed by atoms with Crippen LogP contribution in [-0.2, 0) is 17.1 Å². The van der Waals surface area contributed by atoms with Gasteiger partial charge in [-0.25, -0.2) is 8.42 Å². The van der Waals surface area contributed by atoms with Gasteiger partial charge < -0.3 is 14.6 Å². The lowest BCUT2D eigenvalue weighted by atomic mass is 10.1. The second-order valence-corrected chi connectivity index (χ2v) is 10.2. The Morgan fingerprint density at radius 3 is 2.12 bits per heavy atom. The van der Waals surface area contributed by atoms with Crippen LogP contribution in [0.15, 0.2) is 77.7 Å². The van der Waals surface area contributed by atoms with Crippen molar-refractivity contribution in [3.8, 4) is 0 Å². The summed E-state index contributed by atoms with van der Waals surface area (Å²) in [6.07, 6.45) is -0.633. The number of rotatable bonds is 7. The first-order valence-electron chi connectivity index (χ1n) is 10.9. The molecule has 33 heavy (non-hydrogen) atoms. The molecule has 0 aliphatic carbocycles. The Morgan fingerprint density at radius 2 is 1.52 bits per heavy atom. The second-order valence-electron chi connectivity index (χ2n) is 8.49. The lowest BCUT2D eigenvalue weighted by Crippen LogP contribution is -2.28. The quantitative estimate of drug-likeness (QED) is 0.399. The van der Waals surface area contributed by atoms with E-state index in [4.69, 9.17) is 0 Å². The first kappa shape index (κ1) is 22.9. The number of nitrogens with one attached hydrogen (secondary N) is 1. The van der Waals surface area contributed by atoms with Crippen molar-refractivity contribution >= 4 is 38.1 Å². The number of hydrogen-bond donors (Lipinski definition) is 2. The summed E-state index contributed by atoms with van der Waals surface area (Å²) in [5.74, 6) is 0.443. The van der Waals surface area contributed by atoms with Gasteiger partial charge in [-0.1, -0.05) is 53.6 Å². The third kappa shape index (κ3) is 4.60. The molecule has 1 heterocycles. The standard InChI is InChI=1S/C26H29N3O3S/c1-18-9-13-21(14-10-18)29(17-20(3)30)25-23-7-5-6-8-24(23)28(4)26(25)27-33(31,32)22-15-11-19(2)12-16-22/h5-16,20,27,30H,17H2,1-4H3/t20-/m0/s1. The normalized spacial score (nSPS) is 12.6. The molecule has 4 rings (SSSR count). The molecule has 7 heteroatoms. The number of nitrogens with zero attached hydrogens (tertiary/aromatic N) is 2. The maximum absolute atomic E-state index is 13.3. The number of aryl methyl sites for hydroxylation is 3. The number of sulfonamides is 1. The van der Waals surface area contributed by atoms with E-state index in [0.717, 1.165) is 27.7 Å². The van der Waals surface area contributed by atoms with Crippen LogP contribution in [-0.4, -0.2) is 30.7 Å². The minimum absolute atomic E-state index is 0.196. The van der Waals surface area contributed by atoms with Gasteiger partial charge in [0.25, 0.3) is 10.0 Å². The van der Waals surface area contributed by atoms with E-state index in [9.17, 15) is 13.5 Å². The summed E-state index contributed by atoms with van der Waals surface area (Å²) in [4.78, 5) is 2.17. The molecule has 2 N–H and O–H groups in total. The molecule has 0 saturated heterocycles. The summed E-state index contributed by atoms with van der Waals surface area (Å²) in [5, 5.41) is 11.2. The van der Waals surface area contributed by atoms with Gasteiger partial charge in [-0.3, -0.25) is 4.72 Å². The highest BCUT2D eigenvalue weighted by Crippen LogP contribution is 2.42. The van der Waals surface area contributed by atoms with Crippen molar-refractivity contribution < 1.29 is 13.5 Å². The van der Waals surface area contributed by atoms with Crippen molar-refractivity contribution in [1.82, 2.24) is 4.57 Å². The predicted molar refractivity (Wildman–Crippen MR) is 135 cm³/mol. The zero-order valence-electron chi connectivity index (χ0n) is 19.3. The predicted octanol–water partition coefficient (Wildman–Crippen LogP) is 5.11. The lowest BCUT2D eigenvalue weighted by molar-refractivity contribution is 0.203. The summed E-state index contributed by atoms with van der Waals surface area (Å²) in [6.45, 7) is 5.96. The van der Waals surface area contributed by atoms with E-state index in [1.807, 2.05) is 78.9 Å². The van der Waals surface area contributed by atoms with E-state index < -0.39 is 16.1 Å². The van der Waals surface area contributed by atoms with Gasteiger partial charge >= 0.3 is 0 Å². The molecule has 3 aromatic carbocycles. The minimum atomic E-state index is -3.83. The van der Waals surface area contributed by atoms with Gasteiger partial charge in [0.2, 0.25) is 0 Å². The second kappa shape index (κ2) is 8.92. The fraction of sp³-hybridized carbons (Fsp3) is 0.231. The van der Waals surface area contributed by atoms with E-state index in [0.29, 0.717) is 18.1 Å². The average molecular weight is 464 g/mol. The molecule has 0 spiro atoms. The third-order valence-electron chi connectivity index (χ3n) is 5.70. The average Bonchev–Trinajstić information content (AvgIpc) is 3.04. The monoisotopic (exact) mass is 463 g/mol. The van der Waals surface area contributed by atoms with Gasteiger partial charge in [0, 0.05) is 24.7 Å². The molecule has 0 bridgehead atoms. The van der Waals surface area contributed by atoms with E-state index in [1.165, 1.54) is 0 Å². The van der Waals surface area contributed by atoms with Crippen molar-refractivity contribution in [3.05, 3.63) is 83.9 Å². The summed E-state index contributed by atoms with van der Waals surface area (Å²) >= 11 is 0. The van der Waals surface area contributed by atoms with Gasteiger partial charge in [-0.2, -0.15) is 0 Å². The largest absolute Gasteiger partial charge is 0.392 e. The topological polar surface area (TPSA) is 74.6 Å². The zero-order chi connectivity index (χ0) is 23.8. The molecule has 0 amide bonds. The number of benzene rings is 3. The smallest absolute Gasteiger partial charge is 0.263 e. The Hall–Kier alpha value is -3.29. The van der Waals surface area contributed by atoms with Crippen molar-refractivity contribution in [2.75, 3.05) is 16.2 Å². The molecule has 6 nitrogen and oxygen atoms in total. The highest BCUT2D eigenvalue weighted by molar-refractivity contribution is 7.92. The molecule has 0 unspecified atom stereocenters. The Labute approximate surface area is 195 Å². The SMILES string of the molecule is Cc1ccc(N(C[C@H](C)O)c2c(NS(=O)(=O)c3ccc(C)cc3)n(C)c3ccccc23)cc1. The lowest BCUT2D eigenvalue weighted by Gasteiger charge is -2.27. The summed E-state index contributed by atoms with van der Waals surface area (Å²) in [7, 11) is -1.99. The Balaban J connectivity index is 1.92. The maximum atomic E-state index is 13.3. The van der Waals surface area contributed by atoms with Crippen LogP contribution in [0.4, 0.5) is 17.2 Å². The number of hydrogen-bond acceptors (Lipinski definition) is 4. The summed E-state index contributed by atoms with van der Waals surface area (Å²) in [6, 6.07) is 22.5. The van der Waals surface area contributed by atoms with E-state index in [2.05, 4.69) is 4.72 Å². The van der Waals surface area contributed by atoms with E-state index in [-0.39, 0.29) is 4.90 Å². The van der Waals surface area contributed by atoms with Gasteiger partial charge in [0.05, 0.1) is 22.2 Å². The molecule has 4 aromatic rings. The van der Waals surface area contributed by atoms with Crippen LogP contribution >= 0.6 is 0 Å².